The molecule has 14 heavy (non-hydrogen) atoms. The minimum Gasteiger partial charge on any atom is -0.330 e. The summed E-state index contributed by atoms with van der Waals surface area (Å²) >= 11 is 0. The monoisotopic (exact) mass is 216 g/mol. The van der Waals surface area contributed by atoms with E-state index >= 15 is 0 Å². The highest BCUT2D eigenvalue weighted by Gasteiger charge is 2.04. The van der Waals surface area contributed by atoms with Crippen LogP contribution in [0.25, 0.3) is 0 Å². The Morgan fingerprint density at radius 2 is 2.07 bits per heavy atom. The Bertz CT molecular complexity index is 288. The molecular weight excluding hydrogens is 200 g/mol. The Hall–Kier alpha value is -0.710. The van der Waals surface area contributed by atoms with Crippen LogP contribution in [0.1, 0.15) is 30.2 Å². The Labute approximate surface area is 90.5 Å². The van der Waals surface area contributed by atoms with Crippen molar-refractivity contribution in [3.63, 3.8) is 0 Å². The number of rotatable bonds is 3. The average Bonchev–Trinajstić information content (AvgIpc) is 2.03. The highest BCUT2D eigenvalue weighted by Crippen LogP contribution is 2.07. The molecule has 4 nitrogen and oxygen atoms in total. The molecule has 1 unspecified atom stereocenters. The highest BCUT2D eigenvalue weighted by atomic mass is 35.5. The number of nitrogens with zero attached hydrogens (tertiary/aromatic N) is 2. The lowest BCUT2D eigenvalue weighted by molar-refractivity contribution is 0.741. The van der Waals surface area contributed by atoms with Gasteiger partial charge < -0.3 is 11.5 Å². The van der Waals surface area contributed by atoms with E-state index in [-0.39, 0.29) is 18.4 Å². The van der Waals surface area contributed by atoms with Gasteiger partial charge in [0.25, 0.3) is 0 Å². The largest absolute Gasteiger partial charge is 0.330 e. The molecule has 1 aromatic heterocycles. The summed E-state index contributed by atoms with van der Waals surface area (Å²) in [7, 11) is 0. The molecule has 0 saturated heterocycles. The van der Waals surface area contributed by atoms with E-state index in [1.54, 1.807) is 0 Å². The first-order chi connectivity index (χ1) is 6.13. The molecule has 0 aromatic carbocycles. The van der Waals surface area contributed by atoms with Crippen LogP contribution in [0.4, 0.5) is 0 Å². The molecule has 0 bridgehead atoms. The van der Waals surface area contributed by atoms with Crippen LogP contribution in [-0.2, 0) is 6.42 Å². The molecule has 0 saturated carbocycles. The molecule has 1 aromatic rings. The molecule has 0 amide bonds. The molecule has 0 aliphatic carbocycles. The van der Waals surface area contributed by atoms with Crippen LogP contribution in [0.15, 0.2) is 6.07 Å². The summed E-state index contributed by atoms with van der Waals surface area (Å²) in [6, 6.07) is 1.86. The van der Waals surface area contributed by atoms with Crippen molar-refractivity contribution in [2.24, 2.45) is 11.5 Å². The van der Waals surface area contributed by atoms with Gasteiger partial charge in [-0.05, 0) is 26.5 Å². The van der Waals surface area contributed by atoms with Crippen LogP contribution in [0.5, 0.6) is 0 Å². The molecule has 80 valence electrons. The minimum atomic E-state index is -0.0433. The van der Waals surface area contributed by atoms with Crippen molar-refractivity contribution in [3.05, 3.63) is 23.3 Å². The SMILES string of the molecule is Cc1cc(C(C)N)nc(CCN)n1.Cl. The summed E-state index contributed by atoms with van der Waals surface area (Å²) < 4.78 is 0. The van der Waals surface area contributed by atoms with Gasteiger partial charge in [-0.25, -0.2) is 9.97 Å². The van der Waals surface area contributed by atoms with Gasteiger partial charge in [0.1, 0.15) is 5.82 Å². The van der Waals surface area contributed by atoms with Crippen molar-refractivity contribution >= 4 is 12.4 Å². The van der Waals surface area contributed by atoms with E-state index < -0.39 is 0 Å². The Morgan fingerprint density at radius 3 is 2.57 bits per heavy atom. The second kappa shape index (κ2) is 5.90. The third-order valence-corrected chi connectivity index (χ3v) is 1.75. The molecule has 1 rings (SSSR count). The number of hydrogen-bond acceptors (Lipinski definition) is 4. The molecule has 0 aliphatic rings. The normalized spacial score (nSPS) is 12.0. The van der Waals surface area contributed by atoms with Crippen LogP contribution in [-0.4, -0.2) is 16.5 Å². The van der Waals surface area contributed by atoms with Gasteiger partial charge in [0.05, 0.1) is 5.69 Å². The zero-order valence-electron chi connectivity index (χ0n) is 8.53. The zero-order valence-corrected chi connectivity index (χ0v) is 9.34. The lowest BCUT2D eigenvalue weighted by atomic mass is 10.2. The Morgan fingerprint density at radius 1 is 1.43 bits per heavy atom. The van der Waals surface area contributed by atoms with Crippen molar-refractivity contribution in [3.8, 4) is 0 Å². The number of aryl methyl sites for hydroxylation is 1. The Kier molecular flexibility index (Phi) is 5.60. The van der Waals surface area contributed by atoms with Crippen LogP contribution in [0.2, 0.25) is 0 Å². The van der Waals surface area contributed by atoms with Crippen molar-refractivity contribution in [2.45, 2.75) is 26.3 Å². The highest BCUT2D eigenvalue weighted by molar-refractivity contribution is 5.85. The molecule has 4 N–H and O–H groups in total. The Balaban J connectivity index is 0.00000169. The fourth-order valence-electron chi connectivity index (χ4n) is 1.13. The zero-order chi connectivity index (χ0) is 9.84. The summed E-state index contributed by atoms with van der Waals surface area (Å²) in [5.74, 6) is 0.787. The second-order valence-corrected chi connectivity index (χ2v) is 3.18. The molecule has 0 spiro atoms. The van der Waals surface area contributed by atoms with E-state index in [4.69, 9.17) is 11.5 Å². The maximum Gasteiger partial charge on any atom is 0.130 e. The first-order valence-corrected chi connectivity index (χ1v) is 4.43. The number of nitrogens with two attached hydrogens (primary N) is 2. The summed E-state index contributed by atoms with van der Waals surface area (Å²) in [6.07, 6.45) is 0.710. The predicted molar refractivity (Wildman–Crippen MR) is 59.4 cm³/mol. The molecule has 1 heterocycles. The lowest BCUT2D eigenvalue weighted by Crippen LogP contribution is -2.13. The number of aromatic nitrogens is 2. The van der Waals surface area contributed by atoms with E-state index in [9.17, 15) is 0 Å². The van der Waals surface area contributed by atoms with E-state index in [1.165, 1.54) is 0 Å². The third kappa shape index (κ3) is 3.57. The molecular formula is C9H17ClN4. The van der Waals surface area contributed by atoms with Crippen LogP contribution < -0.4 is 11.5 Å². The van der Waals surface area contributed by atoms with E-state index in [0.29, 0.717) is 13.0 Å². The average molecular weight is 217 g/mol. The topological polar surface area (TPSA) is 77.8 Å². The van der Waals surface area contributed by atoms with E-state index in [1.807, 2.05) is 19.9 Å². The maximum atomic E-state index is 5.73. The van der Waals surface area contributed by atoms with Gasteiger partial charge in [0.15, 0.2) is 0 Å². The summed E-state index contributed by atoms with van der Waals surface area (Å²) in [5.41, 5.74) is 13.0. The van der Waals surface area contributed by atoms with Gasteiger partial charge in [-0.1, -0.05) is 0 Å². The minimum absolute atomic E-state index is 0. The van der Waals surface area contributed by atoms with Crippen molar-refractivity contribution in [1.29, 1.82) is 0 Å². The van der Waals surface area contributed by atoms with Crippen LogP contribution in [0, 0.1) is 6.92 Å². The first-order valence-electron chi connectivity index (χ1n) is 4.43. The quantitative estimate of drug-likeness (QED) is 0.781. The first kappa shape index (κ1) is 13.3. The molecule has 5 heteroatoms. The van der Waals surface area contributed by atoms with Gasteiger partial charge in [-0.2, -0.15) is 0 Å². The summed E-state index contributed by atoms with van der Waals surface area (Å²) in [5, 5.41) is 0. The van der Waals surface area contributed by atoms with Crippen LogP contribution >= 0.6 is 12.4 Å². The van der Waals surface area contributed by atoms with Gasteiger partial charge in [-0.15, -0.1) is 12.4 Å². The van der Waals surface area contributed by atoms with Crippen LogP contribution in [0.3, 0.4) is 0 Å². The standard InChI is InChI=1S/C9H16N4.ClH/c1-6-5-8(7(2)11)13-9(12-6)3-4-10;/h5,7H,3-4,10-11H2,1-2H3;1H. The summed E-state index contributed by atoms with van der Waals surface area (Å²) in [4.78, 5) is 8.57. The van der Waals surface area contributed by atoms with Gasteiger partial charge >= 0.3 is 0 Å². The fraction of sp³-hybridized carbons (Fsp3) is 0.556. The van der Waals surface area contributed by atoms with E-state index in [0.717, 1.165) is 17.2 Å². The third-order valence-electron chi connectivity index (χ3n) is 1.75. The maximum absolute atomic E-state index is 5.73. The van der Waals surface area contributed by atoms with Gasteiger partial charge in [0, 0.05) is 18.2 Å². The van der Waals surface area contributed by atoms with Gasteiger partial charge in [-0.3, -0.25) is 0 Å². The number of hydrogen-bond donors (Lipinski definition) is 2. The predicted octanol–water partition coefficient (Wildman–Crippen LogP) is 0.728. The molecule has 0 aliphatic heterocycles. The molecule has 0 fully saturated rings. The lowest BCUT2D eigenvalue weighted by Gasteiger charge is -2.07. The van der Waals surface area contributed by atoms with Crippen molar-refractivity contribution < 1.29 is 0 Å². The fourth-order valence-corrected chi connectivity index (χ4v) is 1.13. The molecule has 1 atom stereocenters. The van der Waals surface area contributed by atoms with Crippen molar-refractivity contribution in [2.75, 3.05) is 6.54 Å². The van der Waals surface area contributed by atoms with E-state index in [2.05, 4.69) is 9.97 Å². The number of halogens is 1. The second-order valence-electron chi connectivity index (χ2n) is 3.18. The van der Waals surface area contributed by atoms with Crippen molar-refractivity contribution in [1.82, 2.24) is 9.97 Å². The summed E-state index contributed by atoms with van der Waals surface area (Å²) in [6.45, 7) is 4.42. The smallest absolute Gasteiger partial charge is 0.130 e. The van der Waals surface area contributed by atoms with Gasteiger partial charge in [0.2, 0.25) is 0 Å². The molecule has 0 radical (unpaired) electrons.